The van der Waals surface area contributed by atoms with Gasteiger partial charge in [0.15, 0.2) is 35.2 Å². The Morgan fingerprint density at radius 1 is 1.18 bits per heavy atom. The molecule has 9 nitrogen and oxygen atoms in total. The number of carbonyl (C=O) groups is 2. The van der Waals surface area contributed by atoms with Crippen LogP contribution in [0.5, 0.6) is 0 Å². The number of nitrogens with zero attached hydrogens (tertiary/aromatic N) is 3. The zero-order chi connectivity index (χ0) is 23.4. The van der Waals surface area contributed by atoms with Gasteiger partial charge in [0.05, 0.1) is 19.3 Å². The van der Waals surface area contributed by atoms with Gasteiger partial charge in [0.1, 0.15) is 5.76 Å². The highest BCUT2D eigenvalue weighted by Crippen LogP contribution is 2.25. The van der Waals surface area contributed by atoms with Gasteiger partial charge in [-0.15, -0.1) is 0 Å². The first-order valence-electron chi connectivity index (χ1n) is 10.5. The van der Waals surface area contributed by atoms with Crippen molar-refractivity contribution in [2.45, 2.75) is 40.0 Å². The molecular weight excluding hydrogens is 424 g/mol. The lowest BCUT2D eigenvalue weighted by atomic mass is 10.1. The van der Waals surface area contributed by atoms with Gasteiger partial charge < -0.3 is 18.9 Å². The molecule has 0 radical (unpaired) electrons. The Morgan fingerprint density at radius 3 is 2.79 bits per heavy atom. The van der Waals surface area contributed by atoms with Crippen LogP contribution < -0.4 is 5.32 Å². The molecule has 1 amide bonds. The smallest absolute Gasteiger partial charge is 0.279 e. The average molecular weight is 448 g/mol. The van der Waals surface area contributed by atoms with Gasteiger partial charge in [-0.1, -0.05) is 18.2 Å². The third kappa shape index (κ3) is 5.45. The van der Waals surface area contributed by atoms with E-state index in [4.69, 9.17) is 13.6 Å². The van der Waals surface area contributed by atoms with Crippen molar-refractivity contribution < 1.29 is 23.2 Å². The molecule has 1 N–H and O–H groups in total. The molecule has 1 aromatic carbocycles. The Labute approximate surface area is 190 Å². The van der Waals surface area contributed by atoms with Crippen molar-refractivity contribution >= 4 is 17.5 Å². The van der Waals surface area contributed by atoms with E-state index in [0.717, 1.165) is 11.1 Å². The predicted octanol–water partition coefficient (Wildman–Crippen LogP) is 4.56. The Hall–Kier alpha value is -3.98. The maximum absolute atomic E-state index is 12.9. The molecular formula is C24H24N4O5. The van der Waals surface area contributed by atoms with Crippen LogP contribution in [0.4, 0.5) is 5.82 Å². The predicted molar refractivity (Wildman–Crippen MR) is 120 cm³/mol. The maximum atomic E-state index is 12.9. The first-order valence-corrected chi connectivity index (χ1v) is 10.5. The number of hydrogen-bond acceptors (Lipinski definition) is 7. The first-order chi connectivity index (χ1) is 15.9. The van der Waals surface area contributed by atoms with E-state index < -0.39 is 5.91 Å². The summed E-state index contributed by atoms with van der Waals surface area (Å²) in [4.78, 5) is 28.3. The summed E-state index contributed by atoms with van der Waals surface area (Å²) in [5.41, 5.74) is 1.85. The molecule has 0 bridgehead atoms. The summed E-state index contributed by atoms with van der Waals surface area (Å²) in [5, 5.41) is 7.07. The van der Waals surface area contributed by atoms with Crippen molar-refractivity contribution in [1.29, 1.82) is 0 Å². The van der Waals surface area contributed by atoms with Gasteiger partial charge in [-0.05, 0) is 37.6 Å². The van der Waals surface area contributed by atoms with E-state index in [9.17, 15) is 9.59 Å². The molecule has 0 unspecified atom stereocenters. The van der Waals surface area contributed by atoms with Crippen molar-refractivity contribution in [3.05, 3.63) is 77.8 Å². The summed E-state index contributed by atoms with van der Waals surface area (Å²) in [5.74, 6) is 1.02. The van der Waals surface area contributed by atoms with Crippen LogP contribution in [0.15, 0.2) is 63.9 Å². The highest BCUT2D eigenvalue weighted by molar-refractivity contribution is 6.05. The van der Waals surface area contributed by atoms with Crippen molar-refractivity contribution in [2.75, 3.05) is 5.32 Å². The van der Waals surface area contributed by atoms with E-state index >= 15 is 0 Å². The van der Waals surface area contributed by atoms with Gasteiger partial charge in [-0.3, -0.25) is 14.3 Å². The van der Waals surface area contributed by atoms with Crippen molar-refractivity contribution in [2.24, 2.45) is 0 Å². The molecule has 33 heavy (non-hydrogen) atoms. The molecule has 0 aliphatic rings. The number of hydrogen-bond donors (Lipinski definition) is 1. The second-order valence-electron chi connectivity index (χ2n) is 7.77. The van der Waals surface area contributed by atoms with E-state index in [0.29, 0.717) is 36.3 Å². The molecule has 0 aliphatic carbocycles. The first kappa shape index (κ1) is 22.2. The number of nitrogens with one attached hydrogen (secondary N) is 1. The van der Waals surface area contributed by atoms with E-state index in [1.54, 1.807) is 29.1 Å². The minimum Gasteiger partial charge on any atom is -0.456 e. The third-order valence-corrected chi connectivity index (χ3v) is 4.76. The quantitative estimate of drug-likeness (QED) is 0.374. The fourth-order valence-electron chi connectivity index (χ4n) is 3.18. The molecule has 0 fully saturated rings. The van der Waals surface area contributed by atoms with E-state index in [-0.39, 0.29) is 17.6 Å². The minimum atomic E-state index is -0.440. The number of ketones is 1. The van der Waals surface area contributed by atoms with Crippen LogP contribution in [0.2, 0.25) is 0 Å². The number of anilines is 1. The van der Waals surface area contributed by atoms with Crippen LogP contribution in [0.3, 0.4) is 0 Å². The third-order valence-electron chi connectivity index (χ3n) is 4.76. The highest BCUT2D eigenvalue weighted by atomic mass is 16.5. The second-order valence-corrected chi connectivity index (χ2v) is 7.77. The molecule has 0 atom stereocenters. The SMILES string of the molecule is CC(=O)c1ccc(Cn2ccc(NC(=O)c3ncoc3-c3cccc(COC(C)C)c3)n2)o1. The van der Waals surface area contributed by atoms with Crippen molar-refractivity contribution in [3.63, 3.8) is 0 Å². The zero-order valence-corrected chi connectivity index (χ0v) is 18.6. The van der Waals surface area contributed by atoms with Gasteiger partial charge in [0.25, 0.3) is 5.91 Å². The van der Waals surface area contributed by atoms with E-state index in [1.807, 2.05) is 38.1 Å². The van der Waals surface area contributed by atoms with Gasteiger partial charge in [0.2, 0.25) is 0 Å². The van der Waals surface area contributed by atoms with Crippen LogP contribution in [0.25, 0.3) is 11.3 Å². The van der Waals surface area contributed by atoms with Crippen molar-refractivity contribution in [1.82, 2.24) is 14.8 Å². The number of oxazole rings is 1. The Bertz CT molecular complexity index is 1270. The largest absolute Gasteiger partial charge is 0.456 e. The Morgan fingerprint density at radius 2 is 2.03 bits per heavy atom. The molecule has 0 saturated heterocycles. The fraction of sp³-hybridized carbons (Fsp3) is 0.250. The van der Waals surface area contributed by atoms with Crippen LogP contribution >= 0.6 is 0 Å². The molecule has 3 aromatic heterocycles. The summed E-state index contributed by atoms with van der Waals surface area (Å²) in [7, 11) is 0. The zero-order valence-electron chi connectivity index (χ0n) is 18.6. The molecule has 4 aromatic rings. The number of rotatable bonds is 9. The van der Waals surface area contributed by atoms with Crippen molar-refractivity contribution in [3.8, 4) is 11.3 Å². The monoisotopic (exact) mass is 448 g/mol. The molecule has 9 heteroatoms. The van der Waals surface area contributed by atoms with E-state index in [2.05, 4.69) is 15.4 Å². The number of ether oxygens (including phenoxy) is 1. The topological polar surface area (TPSA) is 112 Å². The molecule has 170 valence electrons. The van der Waals surface area contributed by atoms with E-state index in [1.165, 1.54) is 13.3 Å². The number of benzene rings is 1. The summed E-state index contributed by atoms with van der Waals surface area (Å²) >= 11 is 0. The number of aromatic nitrogens is 3. The lowest BCUT2D eigenvalue weighted by Crippen LogP contribution is -2.14. The number of furan rings is 1. The number of Topliss-reactive ketones (excluding diaryl/α,β-unsaturated/α-hetero) is 1. The molecule has 0 saturated carbocycles. The van der Waals surface area contributed by atoms with Gasteiger partial charge in [0, 0.05) is 24.8 Å². The number of carbonyl (C=O) groups excluding carboxylic acids is 2. The minimum absolute atomic E-state index is 0.115. The van der Waals surface area contributed by atoms with Crippen LogP contribution in [-0.2, 0) is 17.9 Å². The lowest BCUT2D eigenvalue weighted by Gasteiger charge is -2.08. The molecule has 0 spiro atoms. The van der Waals surface area contributed by atoms with Gasteiger partial charge >= 0.3 is 0 Å². The summed E-state index contributed by atoms with van der Waals surface area (Å²) in [6, 6.07) is 12.6. The van der Waals surface area contributed by atoms with Crippen LogP contribution in [-0.4, -0.2) is 32.6 Å². The molecule has 0 aliphatic heterocycles. The standard InChI is InChI=1S/C24H24N4O5/c1-15(2)31-13-17-5-4-6-18(11-17)23-22(25-14-32-23)24(30)26-21-9-10-28(27-21)12-19-7-8-20(33-19)16(3)29/h4-11,14-15H,12-13H2,1-3H3,(H,26,27,30). The summed E-state index contributed by atoms with van der Waals surface area (Å²) < 4.78 is 18.2. The average Bonchev–Trinajstić information content (AvgIpc) is 3.54. The number of amides is 1. The van der Waals surface area contributed by atoms with Gasteiger partial charge in [-0.25, -0.2) is 4.98 Å². The normalized spacial score (nSPS) is 11.2. The maximum Gasteiger partial charge on any atom is 0.279 e. The Kier molecular flexibility index (Phi) is 6.50. The second kappa shape index (κ2) is 9.66. The lowest BCUT2D eigenvalue weighted by molar-refractivity contribution is 0.0657. The fourth-order valence-corrected chi connectivity index (χ4v) is 3.18. The molecule has 3 heterocycles. The van der Waals surface area contributed by atoms with Crippen LogP contribution in [0, 0.1) is 0 Å². The Balaban J connectivity index is 1.45. The highest BCUT2D eigenvalue weighted by Gasteiger charge is 2.20. The molecule has 4 rings (SSSR count). The van der Waals surface area contributed by atoms with Gasteiger partial charge in [-0.2, -0.15) is 5.10 Å². The summed E-state index contributed by atoms with van der Waals surface area (Å²) in [6.45, 7) is 6.17. The van der Waals surface area contributed by atoms with Crippen LogP contribution in [0.1, 0.15) is 53.1 Å². The summed E-state index contributed by atoms with van der Waals surface area (Å²) in [6.07, 6.45) is 3.06.